The number of hydrogen-bond donors (Lipinski definition) is 2. The summed E-state index contributed by atoms with van der Waals surface area (Å²) in [5.74, 6) is 0.937. The van der Waals surface area contributed by atoms with E-state index in [9.17, 15) is 4.79 Å². The third kappa shape index (κ3) is 4.85. The number of carbonyl (C=O) groups is 1. The Morgan fingerprint density at radius 2 is 1.95 bits per heavy atom. The van der Waals surface area contributed by atoms with Crippen LogP contribution in [-0.4, -0.2) is 25.6 Å². The minimum atomic E-state index is 0.103. The Bertz CT molecular complexity index is 411. The van der Waals surface area contributed by atoms with Crippen LogP contribution in [0.5, 0.6) is 5.75 Å². The van der Waals surface area contributed by atoms with E-state index in [0.29, 0.717) is 19.0 Å². The fourth-order valence-corrected chi connectivity index (χ4v) is 2.55. The summed E-state index contributed by atoms with van der Waals surface area (Å²) in [4.78, 5) is 11.7. The molecule has 0 heterocycles. The molecule has 0 bridgehead atoms. The van der Waals surface area contributed by atoms with E-state index in [2.05, 4.69) is 10.6 Å². The largest absolute Gasteiger partial charge is 0.497 e. The second-order valence-electron chi connectivity index (χ2n) is 5.31. The molecule has 1 aromatic rings. The van der Waals surface area contributed by atoms with Crippen LogP contribution >= 0.6 is 0 Å². The number of benzene rings is 1. The molecule has 1 aromatic carbocycles. The summed E-state index contributed by atoms with van der Waals surface area (Å²) in [5, 5.41) is 6.39. The molecule has 0 unspecified atom stereocenters. The van der Waals surface area contributed by atoms with Crippen molar-refractivity contribution in [3.8, 4) is 5.75 Å². The van der Waals surface area contributed by atoms with E-state index >= 15 is 0 Å². The van der Waals surface area contributed by atoms with E-state index in [1.807, 2.05) is 24.3 Å². The van der Waals surface area contributed by atoms with Gasteiger partial charge in [0.25, 0.3) is 0 Å². The molecule has 2 N–H and O–H groups in total. The van der Waals surface area contributed by atoms with Crippen molar-refractivity contribution in [1.82, 2.24) is 10.6 Å². The first-order valence-corrected chi connectivity index (χ1v) is 7.41. The highest BCUT2D eigenvalue weighted by Crippen LogP contribution is 2.17. The number of hydrogen-bond acceptors (Lipinski definition) is 3. The van der Waals surface area contributed by atoms with Crippen molar-refractivity contribution in [1.29, 1.82) is 0 Å². The van der Waals surface area contributed by atoms with Crippen LogP contribution < -0.4 is 15.4 Å². The maximum atomic E-state index is 11.7. The lowest BCUT2D eigenvalue weighted by molar-refractivity contribution is -0.121. The lowest BCUT2D eigenvalue weighted by Crippen LogP contribution is -2.31. The first kappa shape index (κ1) is 14.9. The Labute approximate surface area is 120 Å². The standard InChI is InChI=1S/C16H24N2O2/c1-20-15-8-6-13(7-9-15)12-18-16(19)10-11-17-14-4-2-3-5-14/h6-9,14,17H,2-5,10-12H2,1H3,(H,18,19). The van der Waals surface area contributed by atoms with Crippen molar-refractivity contribution >= 4 is 5.91 Å². The molecular formula is C16H24N2O2. The first-order valence-electron chi connectivity index (χ1n) is 7.41. The summed E-state index contributed by atoms with van der Waals surface area (Å²) in [5.41, 5.74) is 1.09. The normalized spacial score (nSPS) is 15.2. The predicted octanol–water partition coefficient (Wildman–Crippen LogP) is 2.23. The molecular weight excluding hydrogens is 252 g/mol. The molecule has 1 aliphatic rings. The highest BCUT2D eigenvalue weighted by atomic mass is 16.5. The number of nitrogens with one attached hydrogen (secondary N) is 2. The highest BCUT2D eigenvalue weighted by Gasteiger charge is 2.13. The van der Waals surface area contributed by atoms with Crippen molar-refractivity contribution in [3.05, 3.63) is 29.8 Å². The quantitative estimate of drug-likeness (QED) is 0.803. The van der Waals surface area contributed by atoms with E-state index in [1.165, 1.54) is 25.7 Å². The van der Waals surface area contributed by atoms with Gasteiger partial charge in [-0.2, -0.15) is 0 Å². The molecule has 0 atom stereocenters. The van der Waals surface area contributed by atoms with Gasteiger partial charge in [-0.25, -0.2) is 0 Å². The zero-order valence-electron chi connectivity index (χ0n) is 12.2. The molecule has 1 fully saturated rings. The van der Waals surface area contributed by atoms with Crippen LogP contribution in [0.4, 0.5) is 0 Å². The van der Waals surface area contributed by atoms with Crippen LogP contribution in [0.25, 0.3) is 0 Å². The summed E-state index contributed by atoms with van der Waals surface area (Å²) >= 11 is 0. The first-order chi connectivity index (χ1) is 9.78. The van der Waals surface area contributed by atoms with E-state index in [-0.39, 0.29) is 5.91 Å². The Kier molecular flexibility index (Phi) is 5.87. The minimum Gasteiger partial charge on any atom is -0.497 e. The molecule has 2 rings (SSSR count). The maximum absolute atomic E-state index is 11.7. The molecule has 110 valence electrons. The van der Waals surface area contributed by atoms with Crippen LogP contribution in [0.1, 0.15) is 37.7 Å². The zero-order chi connectivity index (χ0) is 14.2. The van der Waals surface area contributed by atoms with Gasteiger partial charge in [-0.15, -0.1) is 0 Å². The van der Waals surface area contributed by atoms with Crippen molar-refractivity contribution in [2.45, 2.75) is 44.7 Å². The van der Waals surface area contributed by atoms with Gasteiger partial charge in [-0.1, -0.05) is 25.0 Å². The van der Waals surface area contributed by atoms with Crippen LogP contribution in [0.3, 0.4) is 0 Å². The third-order valence-electron chi connectivity index (χ3n) is 3.79. The summed E-state index contributed by atoms with van der Waals surface area (Å²) in [6.07, 6.45) is 5.70. The lowest BCUT2D eigenvalue weighted by Gasteiger charge is -2.11. The number of carbonyl (C=O) groups excluding carboxylic acids is 1. The second kappa shape index (κ2) is 7.90. The van der Waals surface area contributed by atoms with Gasteiger partial charge in [0, 0.05) is 25.6 Å². The van der Waals surface area contributed by atoms with Crippen molar-refractivity contribution < 1.29 is 9.53 Å². The Morgan fingerprint density at radius 3 is 2.60 bits per heavy atom. The molecule has 0 aliphatic heterocycles. The maximum Gasteiger partial charge on any atom is 0.221 e. The molecule has 1 saturated carbocycles. The second-order valence-corrected chi connectivity index (χ2v) is 5.31. The number of methoxy groups -OCH3 is 1. The van der Waals surface area contributed by atoms with Gasteiger partial charge in [0.2, 0.25) is 5.91 Å². The monoisotopic (exact) mass is 276 g/mol. The van der Waals surface area contributed by atoms with Crippen LogP contribution in [-0.2, 0) is 11.3 Å². The molecule has 4 heteroatoms. The van der Waals surface area contributed by atoms with Gasteiger partial charge >= 0.3 is 0 Å². The molecule has 1 aliphatic carbocycles. The van der Waals surface area contributed by atoms with Crippen LogP contribution in [0.15, 0.2) is 24.3 Å². The predicted molar refractivity (Wildman–Crippen MR) is 79.7 cm³/mol. The number of rotatable bonds is 7. The Balaban J connectivity index is 1.61. The third-order valence-corrected chi connectivity index (χ3v) is 3.79. The Morgan fingerprint density at radius 1 is 1.25 bits per heavy atom. The van der Waals surface area contributed by atoms with Crippen molar-refractivity contribution in [2.75, 3.05) is 13.7 Å². The van der Waals surface area contributed by atoms with Gasteiger partial charge < -0.3 is 15.4 Å². The minimum absolute atomic E-state index is 0.103. The van der Waals surface area contributed by atoms with Crippen molar-refractivity contribution in [3.63, 3.8) is 0 Å². The zero-order valence-corrected chi connectivity index (χ0v) is 12.2. The van der Waals surface area contributed by atoms with Gasteiger partial charge in [0.05, 0.1) is 7.11 Å². The number of amides is 1. The van der Waals surface area contributed by atoms with Crippen LogP contribution in [0, 0.1) is 0 Å². The highest BCUT2D eigenvalue weighted by molar-refractivity contribution is 5.76. The molecule has 1 amide bonds. The molecule has 0 aromatic heterocycles. The molecule has 4 nitrogen and oxygen atoms in total. The molecule has 0 saturated heterocycles. The summed E-state index contributed by atoms with van der Waals surface area (Å²) < 4.78 is 5.10. The van der Waals surface area contributed by atoms with E-state index in [1.54, 1.807) is 7.11 Å². The summed E-state index contributed by atoms with van der Waals surface area (Å²) in [6.45, 7) is 1.35. The number of ether oxygens (including phenoxy) is 1. The average molecular weight is 276 g/mol. The summed E-state index contributed by atoms with van der Waals surface area (Å²) in [7, 11) is 1.65. The Hall–Kier alpha value is -1.55. The van der Waals surface area contributed by atoms with Gasteiger partial charge in [-0.3, -0.25) is 4.79 Å². The van der Waals surface area contributed by atoms with E-state index < -0.39 is 0 Å². The fraction of sp³-hybridized carbons (Fsp3) is 0.562. The topological polar surface area (TPSA) is 50.4 Å². The molecule has 0 spiro atoms. The summed E-state index contributed by atoms with van der Waals surface area (Å²) in [6, 6.07) is 8.38. The van der Waals surface area contributed by atoms with Crippen LogP contribution in [0.2, 0.25) is 0 Å². The van der Waals surface area contributed by atoms with E-state index in [4.69, 9.17) is 4.74 Å². The average Bonchev–Trinajstić information content (AvgIpc) is 2.99. The smallest absolute Gasteiger partial charge is 0.221 e. The molecule has 0 radical (unpaired) electrons. The van der Waals surface area contributed by atoms with E-state index in [0.717, 1.165) is 17.9 Å². The fourth-order valence-electron chi connectivity index (χ4n) is 2.55. The van der Waals surface area contributed by atoms with Gasteiger partial charge in [0.1, 0.15) is 5.75 Å². The lowest BCUT2D eigenvalue weighted by atomic mass is 10.2. The SMILES string of the molecule is COc1ccc(CNC(=O)CCNC2CCCC2)cc1. The van der Waals surface area contributed by atoms with Gasteiger partial charge in [0.15, 0.2) is 0 Å². The molecule has 20 heavy (non-hydrogen) atoms. The van der Waals surface area contributed by atoms with Crippen molar-refractivity contribution in [2.24, 2.45) is 0 Å². The van der Waals surface area contributed by atoms with Gasteiger partial charge in [-0.05, 0) is 30.5 Å².